The van der Waals surface area contributed by atoms with Crippen LogP contribution < -0.4 is 5.32 Å². The number of phenols is 1. The van der Waals surface area contributed by atoms with Crippen LogP contribution in [0.4, 0.5) is 5.69 Å². The van der Waals surface area contributed by atoms with Crippen molar-refractivity contribution in [3.05, 3.63) is 58.6 Å². The van der Waals surface area contributed by atoms with Crippen LogP contribution >= 0.6 is 11.6 Å². The number of carbonyl (C=O) groups is 1. The van der Waals surface area contributed by atoms with Crippen LogP contribution in [-0.2, 0) is 0 Å². The Labute approximate surface area is 110 Å². The number of benzene rings is 2. The van der Waals surface area contributed by atoms with Gasteiger partial charge in [0.05, 0.1) is 5.69 Å². The summed E-state index contributed by atoms with van der Waals surface area (Å²) in [6.45, 7) is 1.87. The minimum Gasteiger partial charge on any atom is -0.506 e. The van der Waals surface area contributed by atoms with Crippen molar-refractivity contribution in [3.63, 3.8) is 0 Å². The van der Waals surface area contributed by atoms with E-state index in [0.717, 1.165) is 5.56 Å². The molecule has 0 aliphatic rings. The third-order valence-corrected chi connectivity index (χ3v) is 2.76. The van der Waals surface area contributed by atoms with Crippen molar-refractivity contribution in [1.29, 1.82) is 0 Å². The highest BCUT2D eigenvalue weighted by molar-refractivity contribution is 6.30. The van der Waals surface area contributed by atoms with Gasteiger partial charge in [0.1, 0.15) is 5.75 Å². The van der Waals surface area contributed by atoms with E-state index >= 15 is 0 Å². The molecule has 0 unspecified atom stereocenters. The van der Waals surface area contributed by atoms with Crippen molar-refractivity contribution in [3.8, 4) is 5.75 Å². The van der Waals surface area contributed by atoms with Gasteiger partial charge in [-0.1, -0.05) is 17.7 Å². The quantitative estimate of drug-likeness (QED) is 0.812. The van der Waals surface area contributed by atoms with Gasteiger partial charge in [0.15, 0.2) is 0 Å². The summed E-state index contributed by atoms with van der Waals surface area (Å²) in [5, 5.41) is 12.9. The summed E-state index contributed by atoms with van der Waals surface area (Å²) in [5.41, 5.74) is 1.80. The maximum absolute atomic E-state index is 11.9. The number of amides is 1. The van der Waals surface area contributed by atoms with Gasteiger partial charge >= 0.3 is 0 Å². The molecule has 18 heavy (non-hydrogen) atoms. The van der Waals surface area contributed by atoms with E-state index in [1.807, 2.05) is 13.0 Å². The molecule has 0 spiro atoms. The predicted molar refractivity (Wildman–Crippen MR) is 72.2 cm³/mol. The molecule has 0 atom stereocenters. The first-order valence-electron chi connectivity index (χ1n) is 5.43. The minimum absolute atomic E-state index is 0.0531. The average Bonchev–Trinajstić information content (AvgIpc) is 2.33. The number of aromatic hydroxyl groups is 1. The molecule has 4 heteroatoms. The van der Waals surface area contributed by atoms with Gasteiger partial charge in [-0.05, 0) is 48.9 Å². The zero-order valence-electron chi connectivity index (χ0n) is 9.77. The minimum atomic E-state index is -0.286. The first-order chi connectivity index (χ1) is 8.56. The fraction of sp³-hybridized carbons (Fsp3) is 0.0714. The summed E-state index contributed by atoms with van der Waals surface area (Å²) in [4.78, 5) is 11.9. The fourth-order valence-electron chi connectivity index (χ4n) is 1.54. The van der Waals surface area contributed by atoms with Crippen molar-refractivity contribution >= 4 is 23.2 Å². The molecule has 0 radical (unpaired) electrons. The van der Waals surface area contributed by atoms with Gasteiger partial charge in [-0.3, -0.25) is 4.79 Å². The second kappa shape index (κ2) is 5.10. The second-order valence-electron chi connectivity index (χ2n) is 3.98. The number of hydrogen-bond acceptors (Lipinski definition) is 2. The largest absolute Gasteiger partial charge is 0.506 e. The highest BCUT2D eigenvalue weighted by Gasteiger charge is 2.08. The number of nitrogens with one attached hydrogen (secondary N) is 1. The standard InChI is InChI=1S/C14H12ClNO2/c1-9-2-7-12(13(17)8-9)16-14(18)10-3-5-11(15)6-4-10/h2-8,17H,1H3,(H,16,18). The summed E-state index contributed by atoms with van der Waals surface area (Å²) in [7, 11) is 0. The van der Waals surface area contributed by atoms with Crippen LogP contribution in [-0.4, -0.2) is 11.0 Å². The molecule has 0 aromatic heterocycles. The lowest BCUT2D eigenvalue weighted by Crippen LogP contribution is -2.11. The van der Waals surface area contributed by atoms with Crippen LogP contribution in [0.2, 0.25) is 5.02 Å². The Bertz CT molecular complexity index is 579. The van der Waals surface area contributed by atoms with Gasteiger partial charge in [-0.15, -0.1) is 0 Å². The lowest BCUT2D eigenvalue weighted by Gasteiger charge is -2.08. The first kappa shape index (κ1) is 12.5. The molecule has 2 N–H and O–H groups in total. The Morgan fingerprint density at radius 2 is 1.83 bits per heavy atom. The van der Waals surface area contributed by atoms with Gasteiger partial charge in [0.2, 0.25) is 0 Å². The van der Waals surface area contributed by atoms with Gasteiger partial charge in [-0.2, -0.15) is 0 Å². The molecular weight excluding hydrogens is 250 g/mol. The first-order valence-corrected chi connectivity index (χ1v) is 5.80. The molecule has 0 fully saturated rings. The summed E-state index contributed by atoms with van der Waals surface area (Å²) in [6.07, 6.45) is 0. The zero-order chi connectivity index (χ0) is 13.1. The Morgan fingerprint density at radius 1 is 1.17 bits per heavy atom. The van der Waals surface area contributed by atoms with E-state index < -0.39 is 0 Å². The van der Waals surface area contributed by atoms with E-state index in [0.29, 0.717) is 16.3 Å². The van der Waals surface area contributed by atoms with E-state index in [1.54, 1.807) is 36.4 Å². The van der Waals surface area contributed by atoms with Crippen molar-refractivity contribution < 1.29 is 9.90 Å². The van der Waals surface area contributed by atoms with Crippen LogP contribution in [0.1, 0.15) is 15.9 Å². The highest BCUT2D eigenvalue weighted by Crippen LogP contribution is 2.24. The Morgan fingerprint density at radius 3 is 2.44 bits per heavy atom. The van der Waals surface area contributed by atoms with Crippen molar-refractivity contribution in [2.75, 3.05) is 5.32 Å². The number of halogens is 1. The maximum atomic E-state index is 11.9. The predicted octanol–water partition coefficient (Wildman–Crippen LogP) is 3.61. The third kappa shape index (κ3) is 2.81. The molecule has 2 rings (SSSR count). The molecule has 0 aliphatic carbocycles. The number of phenolic OH excluding ortho intramolecular Hbond substituents is 1. The van der Waals surface area contributed by atoms with Crippen molar-refractivity contribution in [1.82, 2.24) is 0 Å². The van der Waals surface area contributed by atoms with E-state index in [1.165, 1.54) is 0 Å². The van der Waals surface area contributed by atoms with Gasteiger partial charge in [-0.25, -0.2) is 0 Å². The summed E-state index contributed by atoms with van der Waals surface area (Å²) < 4.78 is 0. The summed E-state index contributed by atoms with van der Waals surface area (Å²) in [5.74, 6) is -0.233. The monoisotopic (exact) mass is 261 g/mol. The number of hydrogen-bond donors (Lipinski definition) is 2. The Balaban J connectivity index is 2.18. The van der Waals surface area contributed by atoms with Crippen LogP contribution in [0, 0.1) is 6.92 Å². The average molecular weight is 262 g/mol. The maximum Gasteiger partial charge on any atom is 0.255 e. The summed E-state index contributed by atoms with van der Waals surface area (Å²) in [6, 6.07) is 11.6. The second-order valence-corrected chi connectivity index (χ2v) is 4.42. The number of aryl methyl sites for hydroxylation is 1. The molecule has 2 aromatic carbocycles. The molecule has 3 nitrogen and oxygen atoms in total. The van der Waals surface area contributed by atoms with Gasteiger partial charge in [0, 0.05) is 10.6 Å². The normalized spacial score (nSPS) is 10.1. The van der Waals surface area contributed by atoms with Crippen LogP contribution in [0.25, 0.3) is 0 Å². The van der Waals surface area contributed by atoms with E-state index in [-0.39, 0.29) is 11.7 Å². The molecule has 0 saturated carbocycles. The Hall–Kier alpha value is -2.00. The lowest BCUT2D eigenvalue weighted by atomic mass is 10.2. The molecule has 0 heterocycles. The molecule has 92 valence electrons. The smallest absolute Gasteiger partial charge is 0.255 e. The Kier molecular flexibility index (Phi) is 3.53. The van der Waals surface area contributed by atoms with E-state index in [9.17, 15) is 9.90 Å². The summed E-state index contributed by atoms with van der Waals surface area (Å²) >= 11 is 5.75. The molecule has 0 aliphatic heterocycles. The van der Waals surface area contributed by atoms with Gasteiger partial charge < -0.3 is 10.4 Å². The van der Waals surface area contributed by atoms with Crippen molar-refractivity contribution in [2.24, 2.45) is 0 Å². The molecule has 0 saturated heterocycles. The third-order valence-electron chi connectivity index (χ3n) is 2.51. The molecule has 1 amide bonds. The van der Waals surface area contributed by atoms with E-state index in [2.05, 4.69) is 5.32 Å². The number of carbonyl (C=O) groups excluding carboxylic acids is 1. The van der Waals surface area contributed by atoms with Crippen LogP contribution in [0.5, 0.6) is 5.75 Å². The van der Waals surface area contributed by atoms with Gasteiger partial charge in [0.25, 0.3) is 5.91 Å². The van der Waals surface area contributed by atoms with Crippen LogP contribution in [0.15, 0.2) is 42.5 Å². The SMILES string of the molecule is Cc1ccc(NC(=O)c2ccc(Cl)cc2)c(O)c1. The highest BCUT2D eigenvalue weighted by atomic mass is 35.5. The number of anilines is 1. The molecule has 2 aromatic rings. The fourth-order valence-corrected chi connectivity index (χ4v) is 1.67. The zero-order valence-corrected chi connectivity index (χ0v) is 10.5. The van der Waals surface area contributed by atoms with Crippen LogP contribution in [0.3, 0.4) is 0 Å². The topological polar surface area (TPSA) is 49.3 Å². The molecular formula is C14H12ClNO2. The molecule has 0 bridgehead atoms. The number of rotatable bonds is 2. The van der Waals surface area contributed by atoms with Crippen molar-refractivity contribution in [2.45, 2.75) is 6.92 Å². The van der Waals surface area contributed by atoms with E-state index in [4.69, 9.17) is 11.6 Å². The lowest BCUT2D eigenvalue weighted by molar-refractivity contribution is 0.102.